The highest BCUT2D eigenvalue weighted by atomic mass is 127. The first kappa shape index (κ1) is 11.7. The van der Waals surface area contributed by atoms with E-state index < -0.39 is 0 Å². The summed E-state index contributed by atoms with van der Waals surface area (Å²) in [5, 5.41) is 7.12. The van der Waals surface area contributed by atoms with E-state index in [1.54, 1.807) is 0 Å². The predicted octanol–water partition coefficient (Wildman–Crippen LogP) is 2.28. The molecule has 1 rings (SSSR count). The van der Waals surface area contributed by atoms with Gasteiger partial charge in [0.1, 0.15) is 0 Å². The molecule has 2 unspecified atom stereocenters. The van der Waals surface area contributed by atoms with E-state index in [1.165, 1.54) is 25.7 Å². The lowest BCUT2D eigenvalue weighted by Crippen LogP contribution is -2.66. The van der Waals surface area contributed by atoms with Crippen LogP contribution in [0.4, 0.5) is 0 Å². The summed E-state index contributed by atoms with van der Waals surface area (Å²) in [6, 6.07) is 0. The third-order valence-corrected chi connectivity index (χ3v) is 4.21. The van der Waals surface area contributed by atoms with Gasteiger partial charge < -0.3 is 10.6 Å². The molecule has 1 saturated carbocycles. The van der Waals surface area contributed by atoms with Crippen molar-refractivity contribution in [2.75, 3.05) is 11.6 Å². The fraction of sp³-hybridized carbons (Fsp3) is 1.00. The number of halogens is 1. The lowest BCUT2D eigenvalue weighted by atomic mass is 9.69. The molecular formula is C10H21IN2. The van der Waals surface area contributed by atoms with Crippen LogP contribution in [0.1, 0.15) is 39.5 Å². The first-order valence-corrected chi connectivity index (χ1v) is 6.60. The Labute approximate surface area is 95.4 Å². The fourth-order valence-electron chi connectivity index (χ4n) is 2.34. The van der Waals surface area contributed by atoms with Gasteiger partial charge in [-0.25, -0.2) is 0 Å². The molecule has 3 heteroatoms. The SMILES string of the molecule is CNC1(C)CCCCC1(C)NCI. The molecule has 0 radical (unpaired) electrons. The molecule has 0 aromatic carbocycles. The summed E-state index contributed by atoms with van der Waals surface area (Å²) in [5.74, 6) is 0. The lowest BCUT2D eigenvalue weighted by Gasteiger charge is -2.50. The zero-order valence-corrected chi connectivity index (χ0v) is 11.1. The van der Waals surface area contributed by atoms with Gasteiger partial charge in [0.25, 0.3) is 0 Å². The van der Waals surface area contributed by atoms with Crippen LogP contribution in [0.2, 0.25) is 0 Å². The summed E-state index contributed by atoms with van der Waals surface area (Å²) >= 11 is 2.39. The van der Waals surface area contributed by atoms with Gasteiger partial charge in [-0.3, -0.25) is 0 Å². The molecule has 2 atom stereocenters. The molecule has 0 saturated heterocycles. The van der Waals surface area contributed by atoms with Crippen LogP contribution < -0.4 is 10.6 Å². The Hall–Kier alpha value is 0.650. The highest BCUT2D eigenvalue weighted by Crippen LogP contribution is 2.36. The van der Waals surface area contributed by atoms with Gasteiger partial charge in [-0.1, -0.05) is 35.4 Å². The number of hydrogen-bond donors (Lipinski definition) is 2. The summed E-state index contributed by atoms with van der Waals surface area (Å²) in [4.78, 5) is 0. The molecule has 0 amide bonds. The minimum Gasteiger partial charge on any atom is -0.313 e. The van der Waals surface area contributed by atoms with E-state index in [-0.39, 0.29) is 11.1 Å². The number of likely N-dealkylation sites (N-methyl/N-ethyl adjacent to an activating group) is 1. The van der Waals surface area contributed by atoms with Crippen molar-refractivity contribution in [1.82, 2.24) is 10.6 Å². The molecule has 0 bridgehead atoms. The van der Waals surface area contributed by atoms with Crippen molar-refractivity contribution in [2.45, 2.75) is 50.6 Å². The molecule has 0 aromatic rings. The Morgan fingerprint density at radius 3 is 2.15 bits per heavy atom. The van der Waals surface area contributed by atoms with Crippen molar-refractivity contribution in [2.24, 2.45) is 0 Å². The lowest BCUT2D eigenvalue weighted by molar-refractivity contribution is 0.116. The summed E-state index contributed by atoms with van der Waals surface area (Å²) < 4.78 is 1.03. The molecular weight excluding hydrogens is 275 g/mol. The number of rotatable bonds is 3. The van der Waals surface area contributed by atoms with Gasteiger partial charge >= 0.3 is 0 Å². The largest absolute Gasteiger partial charge is 0.313 e. The van der Waals surface area contributed by atoms with Crippen LogP contribution >= 0.6 is 22.6 Å². The number of hydrogen-bond acceptors (Lipinski definition) is 2. The summed E-state index contributed by atoms with van der Waals surface area (Å²) in [5.41, 5.74) is 0.525. The Morgan fingerprint density at radius 2 is 1.69 bits per heavy atom. The van der Waals surface area contributed by atoms with Crippen LogP contribution in [0.15, 0.2) is 0 Å². The first-order valence-electron chi connectivity index (χ1n) is 5.08. The van der Waals surface area contributed by atoms with E-state index in [0.29, 0.717) is 0 Å². The van der Waals surface area contributed by atoms with Crippen LogP contribution in [0.5, 0.6) is 0 Å². The predicted molar refractivity (Wildman–Crippen MR) is 66.4 cm³/mol. The van der Waals surface area contributed by atoms with Crippen molar-refractivity contribution in [3.63, 3.8) is 0 Å². The Morgan fingerprint density at radius 1 is 1.15 bits per heavy atom. The number of nitrogens with one attached hydrogen (secondary N) is 2. The molecule has 1 aliphatic carbocycles. The van der Waals surface area contributed by atoms with Crippen LogP contribution in [0.25, 0.3) is 0 Å². The zero-order chi connectivity index (χ0) is 9.95. The zero-order valence-electron chi connectivity index (χ0n) is 8.91. The van der Waals surface area contributed by atoms with Crippen LogP contribution in [0, 0.1) is 0 Å². The van der Waals surface area contributed by atoms with Gasteiger partial charge in [-0.05, 0) is 33.7 Å². The molecule has 2 N–H and O–H groups in total. The Bertz CT molecular complexity index is 170. The highest BCUT2D eigenvalue weighted by molar-refractivity contribution is 14.1. The van der Waals surface area contributed by atoms with E-state index in [1.807, 2.05) is 0 Å². The molecule has 0 aliphatic heterocycles. The van der Waals surface area contributed by atoms with E-state index in [9.17, 15) is 0 Å². The quantitative estimate of drug-likeness (QED) is 0.474. The minimum absolute atomic E-state index is 0.260. The monoisotopic (exact) mass is 296 g/mol. The van der Waals surface area contributed by atoms with Gasteiger partial charge in [0, 0.05) is 15.6 Å². The molecule has 1 fully saturated rings. The van der Waals surface area contributed by atoms with E-state index >= 15 is 0 Å². The molecule has 1 aliphatic rings. The van der Waals surface area contributed by atoms with E-state index in [4.69, 9.17) is 0 Å². The summed E-state index contributed by atoms with van der Waals surface area (Å²) in [6.45, 7) is 4.69. The maximum Gasteiger partial charge on any atom is 0.0484 e. The number of alkyl halides is 1. The van der Waals surface area contributed by atoms with Gasteiger partial charge in [0.2, 0.25) is 0 Å². The minimum atomic E-state index is 0.260. The van der Waals surface area contributed by atoms with Crippen molar-refractivity contribution < 1.29 is 0 Å². The third-order valence-electron chi connectivity index (χ3n) is 3.83. The molecule has 0 aromatic heterocycles. The van der Waals surface area contributed by atoms with Crippen LogP contribution in [-0.4, -0.2) is 22.7 Å². The summed E-state index contributed by atoms with van der Waals surface area (Å²) in [7, 11) is 2.08. The van der Waals surface area contributed by atoms with E-state index in [2.05, 4.69) is 54.1 Å². The maximum atomic E-state index is 3.63. The normalized spacial score (nSPS) is 40.6. The second kappa shape index (κ2) is 4.45. The topological polar surface area (TPSA) is 24.1 Å². The molecule has 0 heterocycles. The molecule has 0 spiro atoms. The second-order valence-corrected chi connectivity index (χ2v) is 5.19. The van der Waals surface area contributed by atoms with Crippen molar-refractivity contribution in [1.29, 1.82) is 0 Å². The van der Waals surface area contributed by atoms with E-state index in [0.717, 1.165) is 4.55 Å². The van der Waals surface area contributed by atoms with Crippen molar-refractivity contribution >= 4 is 22.6 Å². The van der Waals surface area contributed by atoms with Crippen molar-refractivity contribution in [3.8, 4) is 0 Å². The highest BCUT2D eigenvalue weighted by Gasteiger charge is 2.44. The van der Waals surface area contributed by atoms with Crippen LogP contribution in [-0.2, 0) is 0 Å². The third kappa shape index (κ3) is 2.18. The Kier molecular flexibility index (Phi) is 4.01. The van der Waals surface area contributed by atoms with Gasteiger partial charge in [0.05, 0.1) is 0 Å². The average Bonchev–Trinajstić information content (AvgIpc) is 2.11. The van der Waals surface area contributed by atoms with Gasteiger partial charge in [-0.2, -0.15) is 0 Å². The van der Waals surface area contributed by atoms with Crippen LogP contribution in [0.3, 0.4) is 0 Å². The average molecular weight is 296 g/mol. The first-order chi connectivity index (χ1) is 6.08. The van der Waals surface area contributed by atoms with Gasteiger partial charge in [-0.15, -0.1) is 0 Å². The second-order valence-electron chi connectivity index (χ2n) is 4.43. The molecule has 13 heavy (non-hydrogen) atoms. The maximum absolute atomic E-state index is 3.63. The summed E-state index contributed by atoms with van der Waals surface area (Å²) in [6.07, 6.45) is 5.28. The molecule has 78 valence electrons. The smallest absolute Gasteiger partial charge is 0.0484 e. The molecule has 2 nitrogen and oxygen atoms in total. The van der Waals surface area contributed by atoms with Gasteiger partial charge in [0.15, 0.2) is 0 Å². The van der Waals surface area contributed by atoms with Crippen molar-refractivity contribution in [3.05, 3.63) is 0 Å². The standard InChI is InChI=1S/C10H21IN2/c1-9(12-3)6-4-5-7-10(9,2)13-8-11/h12-13H,4-8H2,1-3H3. The fourth-order valence-corrected chi connectivity index (χ4v) is 3.18. The Balaban J connectivity index is 2.76.